The Balaban J connectivity index is 2.90. The lowest BCUT2D eigenvalue weighted by atomic mass is 10.1. The molecule has 0 heterocycles. The third-order valence-corrected chi connectivity index (χ3v) is 4.52. The summed E-state index contributed by atoms with van der Waals surface area (Å²) in [5.74, 6) is -1.33. The van der Waals surface area contributed by atoms with E-state index >= 15 is 0 Å². The minimum absolute atomic E-state index is 0.0750. The van der Waals surface area contributed by atoms with Crippen LogP contribution in [0.3, 0.4) is 0 Å². The number of hydrogen-bond acceptors (Lipinski definition) is 3. The van der Waals surface area contributed by atoms with E-state index in [0.717, 1.165) is 18.6 Å². The van der Waals surface area contributed by atoms with Gasteiger partial charge in [0.15, 0.2) is 5.82 Å². The Labute approximate surface area is 125 Å². The molecule has 0 aliphatic heterocycles. The van der Waals surface area contributed by atoms with Gasteiger partial charge >= 0.3 is 0 Å². The minimum Gasteiger partial charge on any atom is -0.315 e. The van der Waals surface area contributed by atoms with Gasteiger partial charge in [-0.15, -0.1) is 0 Å². The van der Waals surface area contributed by atoms with Gasteiger partial charge in [-0.25, -0.2) is 21.9 Å². The van der Waals surface area contributed by atoms with E-state index in [1.54, 1.807) is 0 Å². The Morgan fingerprint density at radius 2 is 1.90 bits per heavy atom. The van der Waals surface area contributed by atoms with Crippen LogP contribution in [0.2, 0.25) is 0 Å². The van der Waals surface area contributed by atoms with Crippen LogP contribution in [0.5, 0.6) is 0 Å². The highest BCUT2D eigenvalue weighted by Crippen LogP contribution is 2.21. The van der Waals surface area contributed by atoms with E-state index in [9.17, 15) is 17.2 Å². The second-order valence-corrected chi connectivity index (χ2v) is 7.04. The predicted octanol–water partition coefficient (Wildman–Crippen LogP) is 2.40. The Hall–Kier alpha value is -1.05. The summed E-state index contributed by atoms with van der Waals surface area (Å²) in [5, 5.41) is 2.61. The van der Waals surface area contributed by atoms with Crippen LogP contribution in [0, 0.1) is 17.6 Å². The van der Waals surface area contributed by atoms with Crippen molar-refractivity contribution in [3.63, 3.8) is 0 Å². The summed E-state index contributed by atoms with van der Waals surface area (Å²) in [6, 6.07) is 1.92. The van der Waals surface area contributed by atoms with Crippen molar-refractivity contribution in [2.75, 3.05) is 13.6 Å². The number of hydrogen-bond donors (Lipinski definition) is 2. The molecule has 120 valence electrons. The number of rotatable bonds is 8. The molecule has 0 aliphatic rings. The fourth-order valence-electron chi connectivity index (χ4n) is 1.92. The molecule has 0 fully saturated rings. The molecule has 7 heteroatoms. The summed E-state index contributed by atoms with van der Waals surface area (Å²) >= 11 is 0. The summed E-state index contributed by atoms with van der Waals surface area (Å²) in [6.07, 6.45) is 1.54. The fourth-order valence-corrected chi connectivity index (χ4v) is 3.09. The molecule has 1 rings (SSSR count). The molecule has 0 amide bonds. The van der Waals surface area contributed by atoms with E-state index in [1.165, 1.54) is 7.05 Å². The van der Waals surface area contributed by atoms with Gasteiger partial charge in [-0.05, 0) is 37.9 Å². The zero-order chi connectivity index (χ0) is 16.0. The monoisotopic (exact) mass is 320 g/mol. The normalized spacial score (nSPS) is 12.1. The van der Waals surface area contributed by atoms with Gasteiger partial charge in [-0.1, -0.05) is 13.8 Å². The molecule has 1 aromatic rings. The third kappa shape index (κ3) is 5.01. The van der Waals surface area contributed by atoms with Crippen LogP contribution in [-0.2, 0) is 16.6 Å². The van der Waals surface area contributed by atoms with E-state index < -0.39 is 26.6 Å². The number of halogens is 2. The molecule has 0 saturated carbocycles. The molecular formula is C14H22F2N2O2S. The molecule has 0 unspecified atom stereocenters. The first-order valence-corrected chi connectivity index (χ1v) is 8.39. The van der Waals surface area contributed by atoms with Gasteiger partial charge in [0, 0.05) is 18.7 Å². The van der Waals surface area contributed by atoms with E-state index in [2.05, 4.69) is 10.0 Å². The fraction of sp³-hybridized carbons (Fsp3) is 0.571. The Morgan fingerprint density at radius 3 is 2.48 bits per heavy atom. The highest BCUT2D eigenvalue weighted by atomic mass is 32.2. The molecule has 4 nitrogen and oxygen atoms in total. The average molecular weight is 320 g/mol. The zero-order valence-electron chi connectivity index (χ0n) is 12.5. The van der Waals surface area contributed by atoms with Crippen molar-refractivity contribution in [2.24, 2.45) is 5.92 Å². The lowest BCUT2D eigenvalue weighted by Crippen LogP contribution is -2.26. The largest absolute Gasteiger partial charge is 0.315 e. The summed E-state index contributed by atoms with van der Waals surface area (Å²) in [6.45, 7) is 4.24. The van der Waals surface area contributed by atoms with Crippen molar-refractivity contribution in [1.82, 2.24) is 10.0 Å². The first-order chi connectivity index (χ1) is 9.79. The van der Waals surface area contributed by atoms with Crippen LogP contribution < -0.4 is 10.0 Å². The molecule has 0 spiro atoms. The lowest BCUT2D eigenvalue weighted by molar-refractivity contribution is 0.513. The highest BCUT2D eigenvalue weighted by molar-refractivity contribution is 7.89. The minimum atomic E-state index is -3.97. The maximum Gasteiger partial charge on any atom is 0.243 e. The van der Waals surface area contributed by atoms with Gasteiger partial charge in [-0.3, -0.25) is 0 Å². The van der Waals surface area contributed by atoms with Gasteiger partial charge in [0.25, 0.3) is 0 Å². The predicted molar refractivity (Wildman–Crippen MR) is 78.4 cm³/mol. The first-order valence-electron chi connectivity index (χ1n) is 6.90. The molecule has 1 aromatic carbocycles. The van der Waals surface area contributed by atoms with Gasteiger partial charge in [0.1, 0.15) is 10.7 Å². The van der Waals surface area contributed by atoms with Crippen LogP contribution in [0.4, 0.5) is 8.78 Å². The Morgan fingerprint density at radius 1 is 1.24 bits per heavy atom. The van der Waals surface area contributed by atoms with E-state index in [-0.39, 0.29) is 18.7 Å². The zero-order valence-corrected chi connectivity index (χ0v) is 13.4. The number of benzene rings is 1. The second kappa shape index (κ2) is 7.82. The molecule has 0 aromatic heterocycles. The second-order valence-electron chi connectivity index (χ2n) is 5.30. The summed E-state index contributed by atoms with van der Waals surface area (Å²) in [4.78, 5) is -0.515. The van der Waals surface area contributed by atoms with Gasteiger partial charge in [0.2, 0.25) is 10.0 Å². The van der Waals surface area contributed by atoms with Crippen molar-refractivity contribution in [3.05, 3.63) is 29.3 Å². The van der Waals surface area contributed by atoms with Crippen LogP contribution in [-0.4, -0.2) is 22.0 Å². The maximum absolute atomic E-state index is 14.2. The standard InChI is InChI=1S/C14H22F2N2O2S/c1-10(2)5-4-8-18-21(19,20)13-7-6-12(15)11(9-17-3)14(13)16/h6-7,10,17-18H,4-5,8-9H2,1-3H3. The maximum atomic E-state index is 14.2. The van der Waals surface area contributed by atoms with Crippen LogP contribution in [0.1, 0.15) is 32.3 Å². The SMILES string of the molecule is CNCc1c(F)ccc(S(=O)(=O)NCCCC(C)C)c1F. The van der Waals surface area contributed by atoms with Crippen LogP contribution in [0.15, 0.2) is 17.0 Å². The first kappa shape index (κ1) is 18.0. The van der Waals surface area contributed by atoms with Crippen LogP contribution in [0.25, 0.3) is 0 Å². The quantitative estimate of drug-likeness (QED) is 0.723. The highest BCUT2D eigenvalue weighted by Gasteiger charge is 2.22. The third-order valence-electron chi connectivity index (χ3n) is 3.04. The molecule has 0 radical (unpaired) electrons. The van der Waals surface area contributed by atoms with Crippen molar-refractivity contribution < 1.29 is 17.2 Å². The molecule has 0 aliphatic carbocycles. The van der Waals surface area contributed by atoms with E-state index in [1.807, 2.05) is 13.8 Å². The number of nitrogens with one attached hydrogen (secondary N) is 2. The molecule has 0 bridgehead atoms. The summed E-state index contributed by atoms with van der Waals surface area (Å²) in [5.41, 5.74) is -0.275. The van der Waals surface area contributed by atoms with Crippen molar-refractivity contribution in [1.29, 1.82) is 0 Å². The summed E-state index contributed by atoms with van der Waals surface area (Å²) in [7, 11) is -2.43. The Kier molecular flexibility index (Phi) is 6.70. The molecule has 21 heavy (non-hydrogen) atoms. The van der Waals surface area contributed by atoms with Gasteiger partial charge < -0.3 is 5.32 Å². The molecule has 2 N–H and O–H groups in total. The van der Waals surface area contributed by atoms with Crippen molar-refractivity contribution in [3.8, 4) is 0 Å². The Bertz CT molecular complexity index is 575. The van der Waals surface area contributed by atoms with E-state index in [4.69, 9.17) is 0 Å². The molecule has 0 atom stereocenters. The van der Waals surface area contributed by atoms with Crippen LogP contribution >= 0.6 is 0 Å². The summed E-state index contributed by atoms with van der Waals surface area (Å²) < 4.78 is 54.2. The van der Waals surface area contributed by atoms with Gasteiger partial charge in [-0.2, -0.15) is 0 Å². The molecule has 0 saturated heterocycles. The smallest absolute Gasteiger partial charge is 0.243 e. The van der Waals surface area contributed by atoms with E-state index in [0.29, 0.717) is 12.3 Å². The lowest BCUT2D eigenvalue weighted by Gasteiger charge is -2.11. The number of sulfonamides is 1. The molecular weight excluding hydrogens is 298 g/mol. The average Bonchev–Trinajstić information content (AvgIpc) is 2.39. The van der Waals surface area contributed by atoms with Crippen molar-refractivity contribution >= 4 is 10.0 Å². The van der Waals surface area contributed by atoms with Crippen molar-refractivity contribution in [2.45, 2.75) is 38.1 Å². The topological polar surface area (TPSA) is 58.2 Å². The van der Waals surface area contributed by atoms with Gasteiger partial charge in [0.05, 0.1) is 0 Å².